The van der Waals surface area contributed by atoms with E-state index in [9.17, 15) is 22.4 Å². The first-order valence-corrected chi connectivity index (χ1v) is 8.26. The third-order valence-corrected chi connectivity index (χ3v) is 4.31. The minimum Gasteiger partial charge on any atom is -0.462 e. The van der Waals surface area contributed by atoms with Gasteiger partial charge in [-0.1, -0.05) is 12.1 Å². The second-order valence-electron chi connectivity index (χ2n) is 5.45. The fraction of sp³-hybridized carbons (Fsp3) is 0.176. The van der Waals surface area contributed by atoms with Crippen molar-refractivity contribution in [3.05, 3.63) is 63.9 Å². The Morgan fingerprint density at radius 3 is 2.54 bits per heavy atom. The zero-order valence-electron chi connectivity index (χ0n) is 13.3. The topological polar surface area (TPSA) is 55.1 Å². The van der Waals surface area contributed by atoms with Crippen molar-refractivity contribution in [2.75, 3.05) is 0 Å². The number of furan rings is 1. The van der Waals surface area contributed by atoms with E-state index < -0.39 is 23.9 Å². The van der Waals surface area contributed by atoms with E-state index in [1.54, 1.807) is 12.3 Å². The smallest absolute Gasteiger partial charge is 0.412 e. The summed E-state index contributed by atoms with van der Waals surface area (Å²) in [6, 6.07) is 2.82. The van der Waals surface area contributed by atoms with Crippen LogP contribution in [0.1, 0.15) is 27.0 Å². The summed E-state index contributed by atoms with van der Waals surface area (Å²) in [6.07, 6.45) is -3.68. The lowest BCUT2D eigenvalue weighted by Gasteiger charge is -2.21. The van der Waals surface area contributed by atoms with Crippen LogP contribution in [0.15, 0.2) is 46.4 Å². The average molecular weight is 384 g/mol. The zero-order valence-corrected chi connectivity index (χ0v) is 14.1. The highest BCUT2D eigenvalue weighted by Crippen LogP contribution is 2.33. The molecule has 4 nitrogen and oxygen atoms in total. The molecule has 1 amide bonds. The van der Waals surface area contributed by atoms with Crippen LogP contribution in [0.25, 0.3) is 11.5 Å². The molecular formula is C17H12F4N2O2S. The summed E-state index contributed by atoms with van der Waals surface area (Å²) in [6.45, 7) is 1.79. The molecule has 1 aromatic carbocycles. The number of carbonyl (C=O) groups is 1. The molecule has 3 rings (SSSR count). The van der Waals surface area contributed by atoms with Gasteiger partial charge < -0.3 is 9.73 Å². The van der Waals surface area contributed by atoms with E-state index in [1.807, 2.05) is 5.32 Å². The number of alkyl halides is 3. The molecular weight excluding hydrogens is 372 g/mol. The van der Waals surface area contributed by atoms with Gasteiger partial charge in [-0.2, -0.15) is 13.2 Å². The molecule has 0 spiro atoms. The second-order valence-corrected chi connectivity index (χ2v) is 6.51. The third-order valence-electron chi connectivity index (χ3n) is 3.54. The molecule has 0 fully saturated rings. The van der Waals surface area contributed by atoms with E-state index in [0.29, 0.717) is 5.69 Å². The number of hydrogen-bond acceptors (Lipinski definition) is 4. The van der Waals surface area contributed by atoms with Crippen molar-refractivity contribution in [2.45, 2.75) is 19.1 Å². The average Bonchev–Trinajstić information content (AvgIpc) is 3.21. The Kier molecular flexibility index (Phi) is 4.82. The minimum atomic E-state index is -4.74. The molecule has 1 N–H and O–H groups in total. The van der Waals surface area contributed by atoms with Gasteiger partial charge in [-0.25, -0.2) is 9.37 Å². The van der Waals surface area contributed by atoms with Gasteiger partial charge in [0, 0.05) is 5.38 Å². The largest absolute Gasteiger partial charge is 0.462 e. The van der Waals surface area contributed by atoms with Crippen LogP contribution in [0, 0.1) is 12.7 Å². The number of rotatable bonds is 4. The van der Waals surface area contributed by atoms with Crippen molar-refractivity contribution in [2.24, 2.45) is 0 Å². The molecule has 0 saturated carbocycles. The lowest BCUT2D eigenvalue weighted by molar-refractivity contribution is -0.155. The molecule has 1 unspecified atom stereocenters. The fourth-order valence-corrected chi connectivity index (χ4v) is 2.89. The first kappa shape index (κ1) is 18.1. The van der Waals surface area contributed by atoms with Crippen LogP contribution in [0.2, 0.25) is 0 Å². The van der Waals surface area contributed by atoms with Crippen molar-refractivity contribution in [1.82, 2.24) is 10.3 Å². The van der Waals surface area contributed by atoms with Gasteiger partial charge in [0.25, 0.3) is 5.91 Å². The van der Waals surface area contributed by atoms with E-state index in [4.69, 9.17) is 4.42 Å². The SMILES string of the molecule is Cc1nc(-c2cc(C(=O)NC(c3ccc(F)cc3)C(F)(F)F)co2)cs1. The Morgan fingerprint density at radius 1 is 1.27 bits per heavy atom. The van der Waals surface area contributed by atoms with Gasteiger partial charge >= 0.3 is 6.18 Å². The van der Waals surface area contributed by atoms with Crippen LogP contribution in [-0.4, -0.2) is 17.1 Å². The van der Waals surface area contributed by atoms with Gasteiger partial charge in [-0.15, -0.1) is 11.3 Å². The Morgan fingerprint density at radius 2 is 1.96 bits per heavy atom. The number of halogens is 4. The highest BCUT2D eigenvalue weighted by Gasteiger charge is 2.42. The predicted octanol–water partition coefficient (Wildman–Crippen LogP) is 4.88. The lowest BCUT2D eigenvalue weighted by atomic mass is 10.1. The molecule has 2 heterocycles. The van der Waals surface area contributed by atoms with Gasteiger partial charge in [0.1, 0.15) is 17.8 Å². The molecule has 0 aliphatic heterocycles. The van der Waals surface area contributed by atoms with Crippen LogP contribution in [0.5, 0.6) is 0 Å². The second kappa shape index (κ2) is 6.91. The molecule has 26 heavy (non-hydrogen) atoms. The van der Waals surface area contributed by atoms with E-state index in [-0.39, 0.29) is 16.9 Å². The van der Waals surface area contributed by atoms with E-state index >= 15 is 0 Å². The summed E-state index contributed by atoms with van der Waals surface area (Å²) in [5.74, 6) is -1.34. The first-order chi connectivity index (χ1) is 12.2. The molecule has 0 saturated heterocycles. The summed E-state index contributed by atoms with van der Waals surface area (Å²) < 4.78 is 58.1. The predicted molar refractivity (Wildman–Crippen MR) is 87.2 cm³/mol. The number of benzene rings is 1. The van der Waals surface area contributed by atoms with E-state index in [1.165, 1.54) is 17.4 Å². The molecule has 9 heteroatoms. The Bertz CT molecular complexity index is 915. The number of nitrogens with zero attached hydrogens (tertiary/aromatic N) is 1. The highest BCUT2D eigenvalue weighted by molar-refractivity contribution is 7.09. The van der Waals surface area contributed by atoms with Crippen molar-refractivity contribution < 1.29 is 26.8 Å². The summed E-state index contributed by atoms with van der Waals surface area (Å²) in [5, 5.41) is 4.42. The third kappa shape index (κ3) is 3.93. The number of nitrogens with one attached hydrogen (secondary N) is 1. The van der Waals surface area contributed by atoms with Gasteiger partial charge in [-0.3, -0.25) is 4.79 Å². The van der Waals surface area contributed by atoms with Crippen LogP contribution in [-0.2, 0) is 0 Å². The molecule has 0 aliphatic rings. The zero-order chi connectivity index (χ0) is 18.9. The van der Waals surface area contributed by atoms with Crippen LogP contribution >= 0.6 is 11.3 Å². The van der Waals surface area contributed by atoms with Crippen molar-refractivity contribution in [3.63, 3.8) is 0 Å². The quantitative estimate of drug-likeness (QED) is 0.652. The van der Waals surface area contributed by atoms with Crippen molar-refractivity contribution in [1.29, 1.82) is 0 Å². The maximum atomic E-state index is 13.3. The summed E-state index contributed by atoms with van der Waals surface area (Å²) in [7, 11) is 0. The standard InChI is InChI=1S/C17H12F4N2O2S/c1-9-22-13(8-26-9)14-6-11(7-25-14)16(24)23-15(17(19,20)21)10-2-4-12(18)5-3-10/h2-8,15H,1H3,(H,23,24). The van der Waals surface area contributed by atoms with Crippen molar-refractivity contribution >= 4 is 17.2 Å². The normalized spacial score (nSPS) is 12.8. The first-order valence-electron chi connectivity index (χ1n) is 7.38. The Balaban J connectivity index is 1.82. The maximum absolute atomic E-state index is 13.3. The molecule has 2 aromatic heterocycles. The monoisotopic (exact) mass is 384 g/mol. The summed E-state index contributed by atoms with van der Waals surface area (Å²) in [4.78, 5) is 16.4. The molecule has 0 bridgehead atoms. The lowest BCUT2D eigenvalue weighted by Crippen LogP contribution is -2.38. The molecule has 0 aliphatic carbocycles. The summed E-state index contributed by atoms with van der Waals surface area (Å²) >= 11 is 1.38. The van der Waals surface area contributed by atoms with E-state index in [0.717, 1.165) is 35.5 Å². The van der Waals surface area contributed by atoms with E-state index in [2.05, 4.69) is 4.98 Å². The van der Waals surface area contributed by atoms with Crippen LogP contribution < -0.4 is 5.32 Å². The number of aryl methyl sites for hydroxylation is 1. The number of aromatic nitrogens is 1. The molecule has 1 atom stereocenters. The molecule has 136 valence electrons. The Hall–Kier alpha value is -2.68. The number of hydrogen-bond donors (Lipinski definition) is 1. The highest BCUT2D eigenvalue weighted by atomic mass is 32.1. The number of amides is 1. The maximum Gasteiger partial charge on any atom is 0.412 e. The Labute approximate surface area is 149 Å². The van der Waals surface area contributed by atoms with Crippen LogP contribution in [0.4, 0.5) is 17.6 Å². The molecule has 0 radical (unpaired) electrons. The minimum absolute atomic E-state index is 0.0676. The van der Waals surface area contributed by atoms with Crippen molar-refractivity contribution in [3.8, 4) is 11.5 Å². The van der Waals surface area contributed by atoms with Crippen LogP contribution in [0.3, 0.4) is 0 Å². The van der Waals surface area contributed by atoms with Gasteiger partial charge in [0.05, 0.1) is 10.6 Å². The van der Waals surface area contributed by atoms with Gasteiger partial charge in [0.15, 0.2) is 11.8 Å². The van der Waals surface area contributed by atoms with Gasteiger partial charge in [0.2, 0.25) is 0 Å². The fourth-order valence-electron chi connectivity index (χ4n) is 2.29. The summed E-state index contributed by atoms with van der Waals surface area (Å²) in [5.41, 5.74) is 0.158. The number of carbonyl (C=O) groups excluding carboxylic acids is 1. The molecule has 3 aromatic rings. The van der Waals surface area contributed by atoms with Gasteiger partial charge in [-0.05, 0) is 30.7 Å². The number of thiazole rings is 1.